The van der Waals surface area contributed by atoms with E-state index < -0.39 is 10.0 Å². The number of hydrogen-bond acceptors (Lipinski definition) is 7. The van der Waals surface area contributed by atoms with Gasteiger partial charge in [-0.3, -0.25) is 15.1 Å². The van der Waals surface area contributed by atoms with Crippen LogP contribution >= 0.6 is 0 Å². The molecule has 10 heteroatoms. The molecule has 1 aromatic carbocycles. The molecule has 30 heavy (non-hydrogen) atoms. The number of aromatic nitrogens is 2. The number of nitrogens with one attached hydrogen (secondary N) is 3. The molecule has 1 radical (unpaired) electrons. The number of aromatic amines is 1. The van der Waals surface area contributed by atoms with E-state index >= 15 is 0 Å². The van der Waals surface area contributed by atoms with Gasteiger partial charge in [0, 0.05) is 17.4 Å². The fourth-order valence-corrected chi connectivity index (χ4v) is 4.90. The lowest BCUT2D eigenvalue weighted by Gasteiger charge is -2.25. The van der Waals surface area contributed by atoms with Gasteiger partial charge < -0.3 is 4.90 Å². The van der Waals surface area contributed by atoms with E-state index in [2.05, 4.69) is 25.2 Å². The van der Waals surface area contributed by atoms with Crippen LogP contribution in [-0.4, -0.2) is 36.2 Å². The Kier molecular flexibility index (Phi) is 4.40. The van der Waals surface area contributed by atoms with E-state index in [9.17, 15) is 8.42 Å². The van der Waals surface area contributed by atoms with Gasteiger partial charge in [-0.15, -0.1) is 0 Å². The van der Waals surface area contributed by atoms with Crippen LogP contribution in [0.4, 0.5) is 17.2 Å². The average molecular weight is 426 g/mol. The van der Waals surface area contributed by atoms with Crippen LogP contribution in [0.25, 0.3) is 0 Å². The number of anilines is 3. The van der Waals surface area contributed by atoms with E-state index in [1.165, 1.54) is 0 Å². The molecule has 0 atom stereocenters. The molecule has 0 bridgehead atoms. The molecular formula is C20H23N7O2S+. The Hall–Kier alpha value is -3.11. The van der Waals surface area contributed by atoms with Crippen molar-refractivity contribution in [3.8, 4) is 0 Å². The second kappa shape index (κ2) is 6.99. The van der Waals surface area contributed by atoms with E-state index in [0.29, 0.717) is 18.1 Å². The van der Waals surface area contributed by atoms with Gasteiger partial charge in [-0.05, 0) is 49.8 Å². The Morgan fingerprint density at radius 1 is 1.23 bits per heavy atom. The molecule has 1 saturated carbocycles. The lowest BCUT2D eigenvalue weighted by atomic mass is 10.2. The van der Waals surface area contributed by atoms with Crippen molar-refractivity contribution in [2.75, 3.05) is 21.5 Å². The van der Waals surface area contributed by atoms with Gasteiger partial charge in [-0.25, -0.2) is 8.42 Å². The summed E-state index contributed by atoms with van der Waals surface area (Å²) in [4.78, 5) is 8.69. The molecule has 0 unspecified atom stereocenters. The molecule has 1 fully saturated rings. The molecule has 1 aromatic heterocycles. The van der Waals surface area contributed by atoms with Gasteiger partial charge in [0.25, 0.3) is 11.7 Å². The summed E-state index contributed by atoms with van der Waals surface area (Å²) >= 11 is 0. The van der Waals surface area contributed by atoms with Crippen molar-refractivity contribution >= 4 is 33.1 Å². The molecular weight excluding hydrogens is 402 g/mol. The summed E-state index contributed by atoms with van der Waals surface area (Å²) in [5.74, 6) is 2.41. The van der Waals surface area contributed by atoms with Crippen LogP contribution in [0.5, 0.6) is 0 Å². The molecule has 2 aliphatic heterocycles. The number of benzene rings is 1. The molecule has 0 saturated heterocycles. The quantitative estimate of drug-likeness (QED) is 0.617. The average Bonchev–Trinajstić information content (AvgIpc) is 3.39. The standard InChI is InChI=1S/C20H23N7O2S/c1-13-8-18(24-23-13)22-20-12-26(11-19-21-14(2)10-27(19)20)16-5-3-4-15(9-16)25-30(28,29)17-6-7-17/h3-5,8-10,12,17,25H,6-7,11H2,1-2H3,(H2,22,23,24)/q+1. The summed E-state index contributed by atoms with van der Waals surface area (Å²) in [6.45, 7) is 4.47. The third kappa shape index (κ3) is 3.71. The predicted molar refractivity (Wildman–Crippen MR) is 118 cm³/mol. The molecule has 3 heterocycles. The number of allylic oxidation sites excluding steroid dienone is 1. The molecule has 3 N–H and O–H groups in total. The van der Waals surface area contributed by atoms with Crippen LogP contribution in [0.3, 0.4) is 0 Å². The largest absolute Gasteiger partial charge is 0.329 e. The number of fused-ring (bicyclic) bond motifs is 1. The van der Waals surface area contributed by atoms with Gasteiger partial charge in [0.1, 0.15) is 12.2 Å². The summed E-state index contributed by atoms with van der Waals surface area (Å²) in [6, 6.07) is 9.35. The summed E-state index contributed by atoms with van der Waals surface area (Å²) in [5.41, 5.74) is 3.32. The van der Waals surface area contributed by atoms with Crippen LogP contribution in [0.15, 0.2) is 59.2 Å². The predicted octanol–water partition coefficient (Wildman–Crippen LogP) is 2.77. The first-order valence-electron chi connectivity index (χ1n) is 9.82. The third-order valence-electron chi connectivity index (χ3n) is 5.11. The van der Waals surface area contributed by atoms with E-state index in [4.69, 9.17) is 0 Å². The van der Waals surface area contributed by atoms with Gasteiger partial charge in [-0.2, -0.15) is 10.1 Å². The maximum absolute atomic E-state index is 12.3. The number of amidine groups is 1. The fraction of sp³-hybridized carbons (Fsp3) is 0.300. The van der Waals surface area contributed by atoms with Crippen molar-refractivity contribution in [3.05, 3.63) is 59.9 Å². The van der Waals surface area contributed by atoms with Crippen LogP contribution in [0.1, 0.15) is 25.5 Å². The minimum atomic E-state index is -3.31. The van der Waals surface area contributed by atoms with Gasteiger partial charge in [0.15, 0.2) is 12.0 Å². The zero-order chi connectivity index (χ0) is 20.9. The van der Waals surface area contributed by atoms with Gasteiger partial charge in [0.05, 0.1) is 17.1 Å². The summed E-state index contributed by atoms with van der Waals surface area (Å²) in [6.07, 6.45) is 5.42. The number of H-pyrrole nitrogens is 1. The summed E-state index contributed by atoms with van der Waals surface area (Å²) < 4.78 is 27.3. The number of nitrogens with zero attached hydrogens (tertiary/aromatic N) is 4. The smallest absolute Gasteiger partial charge is 0.284 e. The highest BCUT2D eigenvalue weighted by Crippen LogP contribution is 2.31. The first-order chi connectivity index (χ1) is 14.4. The topological polar surface area (TPSA) is 108 Å². The van der Waals surface area contributed by atoms with Gasteiger partial charge in [-0.1, -0.05) is 6.07 Å². The second-order valence-electron chi connectivity index (χ2n) is 7.77. The SMILES string of the molecule is CC1=C[N+]2C(Nc3cc(C)[nH]n3)=CN(c3cccc(NS(=O)(=O)C4CC4)c3)CC2=N1. The summed E-state index contributed by atoms with van der Waals surface area (Å²) in [5, 5.41) is 10.3. The monoisotopic (exact) mass is 425 g/mol. The van der Waals surface area contributed by atoms with Crippen LogP contribution in [0.2, 0.25) is 0 Å². The van der Waals surface area contributed by atoms with E-state index in [0.717, 1.165) is 41.6 Å². The van der Waals surface area contributed by atoms with Crippen molar-refractivity contribution in [1.82, 2.24) is 15.1 Å². The molecule has 0 spiro atoms. The highest BCUT2D eigenvalue weighted by Gasteiger charge is 2.39. The lowest BCUT2D eigenvalue weighted by Crippen LogP contribution is -2.45. The minimum absolute atomic E-state index is 0.264. The molecule has 0 amide bonds. The van der Waals surface area contributed by atoms with Crippen molar-refractivity contribution in [3.63, 3.8) is 0 Å². The third-order valence-corrected chi connectivity index (χ3v) is 6.98. The number of sulfonamides is 1. The van der Waals surface area contributed by atoms with Crippen LogP contribution in [0, 0.1) is 6.92 Å². The Bertz CT molecular complexity index is 1190. The molecule has 2 aromatic rings. The van der Waals surface area contributed by atoms with Gasteiger partial charge in [0.2, 0.25) is 10.0 Å². The zero-order valence-electron chi connectivity index (χ0n) is 16.8. The molecule has 5 rings (SSSR count). The van der Waals surface area contributed by atoms with E-state index in [1.54, 1.807) is 6.07 Å². The first-order valence-corrected chi connectivity index (χ1v) is 11.4. The second-order valence-corrected chi connectivity index (χ2v) is 9.73. The number of aliphatic imine (C=N–C) groups is 1. The number of rotatable bonds is 6. The highest BCUT2D eigenvalue weighted by molar-refractivity contribution is 7.93. The Balaban J connectivity index is 1.45. The maximum Gasteiger partial charge on any atom is 0.284 e. The number of hydrogen-bond donors (Lipinski definition) is 3. The van der Waals surface area contributed by atoms with Crippen molar-refractivity contribution in [1.29, 1.82) is 0 Å². The Labute approximate surface area is 175 Å². The normalized spacial score (nSPS) is 19.1. The highest BCUT2D eigenvalue weighted by atomic mass is 32.2. The summed E-state index contributed by atoms with van der Waals surface area (Å²) in [7, 11) is -3.31. The molecule has 155 valence electrons. The Morgan fingerprint density at radius 3 is 2.80 bits per heavy atom. The van der Waals surface area contributed by atoms with Crippen molar-refractivity contribution in [2.45, 2.75) is 31.9 Å². The number of aryl methyl sites for hydroxylation is 1. The van der Waals surface area contributed by atoms with Crippen LogP contribution in [-0.2, 0) is 10.0 Å². The fourth-order valence-electron chi connectivity index (χ4n) is 3.52. The molecule has 9 nitrogen and oxygen atoms in total. The molecule has 3 aliphatic rings. The first kappa shape index (κ1) is 18.9. The van der Waals surface area contributed by atoms with Crippen LogP contribution < -0.4 is 19.8 Å². The lowest BCUT2D eigenvalue weighted by molar-refractivity contribution is 0.600. The minimum Gasteiger partial charge on any atom is -0.329 e. The van der Waals surface area contributed by atoms with E-state index in [1.807, 2.05) is 60.3 Å². The van der Waals surface area contributed by atoms with Crippen molar-refractivity contribution < 1.29 is 8.42 Å². The van der Waals surface area contributed by atoms with Gasteiger partial charge >= 0.3 is 0 Å². The maximum atomic E-state index is 12.3. The Morgan fingerprint density at radius 2 is 2.07 bits per heavy atom. The van der Waals surface area contributed by atoms with Crippen molar-refractivity contribution in [2.24, 2.45) is 4.99 Å². The molecule has 1 aliphatic carbocycles. The zero-order valence-corrected chi connectivity index (χ0v) is 17.6. The van der Waals surface area contributed by atoms with E-state index in [-0.39, 0.29) is 5.25 Å².